The van der Waals surface area contributed by atoms with E-state index in [9.17, 15) is 10.2 Å². The molecular formula is C16H20O6. The Hall–Kier alpha value is -2.02. The van der Waals surface area contributed by atoms with Crippen molar-refractivity contribution in [3.63, 3.8) is 0 Å². The van der Waals surface area contributed by atoms with Crippen LogP contribution in [0.1, 0.15) is 5.56 Å². The van der Waals surface area contributed by atoms with Gasteiger partial charge in [0.2, 0.25) is 0 Å². The van der Waals surface area contributed by atoms with E-state index in [2.05, 4.69) is 0 Å². The fourth-order valence-corrected chi connectivity index (χ4v) is 2.31. The maximum Gasteiger partial charge on any atom is 0.253 e. The fraction of sp³-hybridized carbons (Fsp3) is 0.375. The second-order valence-corrected chi connectivity index (χ2v) is 4.82. The Kier molecular flexibility index (Phi) is 4.75. The third kappa shape index (κ3) is 2.94. The average Bonchev–Trinajstić information content (AvgIpc) is 2.53. The largest absolute Gasteiger partial charge is 0.497 e. The van der Waals surface area contributed by atoms with E-state index >= 15 is 0 Å². The van der Waals surface area contributed by atoms with Gasteiger partial charge in [0, 0.05) is 13.2 Å². The number of aliphatic hydroxyl groups is 2. The van der Waals surface area contributed by atoms with Crippen molar-refractivity contribution in [1.29, 1.82) is 0 Å². The summed E-state index contributed by atoms with van der Waals surface area (Å²) < 4.78 is 20.7. The first-order valence-corrected chi connectivity index (χ1v) is 6.65. The summed E-state index contributed by atoms with van der Waals surface area (Å²) in [4.78, 5) is 0. The van der Waals surface area contributed by atoms with Crippen LogP contribution in [0.4, 0.5) is 0 Å². The SMILES string of the molecule is COC1=CC(c2cc(OC)cc(OC)c2)=CC(OC)C1(O)O. The zero-order chi connectivity index (χ0) is 16.3. The highest BCUT2D eigenvalue weighted by molar-refractivity contribution is 5.78. The van der Waals surface area contributed by atoms with Crippen molar-refractivity contribution in [3.8, 4) is 11.5 Å². The number of hydrogen-bond donors (Lipinski definition) is 2. The number of allylic oxidation sites excluding steroid dienone is 2. The predicted octanol–water partition coefficient (Wildman–Crippen LogP) is 1.33. The Morgan fingerprint density at radius 2 is 1.50 bits per heavy atom. The van der Waals surface area contributed by atoms with Gasteiger partial charge >= 0.3 is 0 Å². The number of benzene rings is 1. The van der Waals surface area contributed by atoms with Gasteiger partial charge in [-0.25, -0.2) is 0 Å². The molecule has 1 aliphatic carbocycles. The Morgan fingerprint density at radius 3 is 1.95 bits per heavy atom. The number of ether oxygens (including phenoxy) is 4. The lowest BCUT2D eigenvalue weighted by atomic mass is 9.92. The zero-order valence-corrected chi connectivity index (χ0v) is 13.0. The van der Waals surface area contributed by atoms with Gasteiger partial charge in [0.05, 0.1) is 21.3 Å². The molecule has 0 aromatic heterocycles. The smallest absolute Gasteiger partial charge is 0.253 e. The van der Waals surface area contributed by atoms with E-state index in [1.54, 1.807) is 32.4 Å². The van der Waals surface area contributed by atoms with Crippen LogP contribution in [0.15, 0.2) is 36.1 Å². The van der Waals surface area contributed by atoms with Crippen molar-refractivity contribution in [2.45, 2.75) is 11.9 Å². The Bertz CT molecular complexity index is 580. The van der Waals surface area contributed by atoms with E-state index in [0.29, 0.717) is 17.1 Å². The van der Waals surface area contributed by atoms with E-state index in [4.69, 9.17) is 18.9 Å². The standard InChI is InChI=1S/C16H20O6/c1-19-12-5-10(6-13(9-12)20-2)11-7-14(21-3)16(17,18)15(8-11)22-4/h5-9,14,17-18H,1-4H3. The first kappa shape index (κ1) is 16.4. The molecule has 22 heavy (non-hydrogen) atoms. The number of rotatable bonds is 5. The van der Waals surface area contributed by atoms with Crippen molar-refractivity contribution < 1.29 is 29.2 Å². The van der Waals surface area contributed by atoms with E-state index in [-0.39, 0.29) is 5.76 Å². The quantitative estimate of drug-likeness (QED) is 0.799. The third-order valence-corrected chi connectivity index (χ3v) is 3.54. The molecule has 0 fully saturated rings. The highest BCUT2D eigenvalue weighted by Crippen LogP contribution is 2.35. The van der Waals surface area contributed by atoms with Crippen LogP contribution < -0.4 is 9.47 Å². The topological polar surface area (TPSA) is 77.4 Å². The molecule has 1 unspecified atom stereocenters. The molecule has 0 bridgehead atoms. The lowest BCUT2D eigenvalue weighted by Crippen LogP contribution is -2.46. The second kappa shape index (κ2) is 6.39. The molecule has 0 saturated heterocycles. The molecule has 1 aromatic rings. The van der Waals surface area contributed by atoms with Crippen molar-refractivity contribution in [1.82, 2.24) is 0 Å². The lowest BCUT2D eigenvalue weighted by Gasteiger charge is -2.33. The Morgan fingerprint density at radius 1 is 0.909 bits per heavy atom. The normalized spacial score (nSPS) is 20.0. The first-order valence-electron chi connectivity index (χ1n) is 6.65. The predicted molar refractivity (Wildman–Crippen MR) is 80.6 cm³/mol. The summed E-state index contributed by atoms with van der Waals surface area (Å²) in [5.74, 6) is -0.961. The van der Waals surface area contributed by atoms with Crippen molar-refractivity contribution >= 4 is 5.57 Å². The van der Waals surface area contributed by atoms with Gasteiger partial charge in [-0.05, 0) is 35.4 Å². The number of hydrogen-bond acceptors (Lipinski definition) is 6. The summed E-state index contributed by atoms with van der Waals surface area (Å²) in [6.07, 6.45) is 2.19. The summed E-state index contributed by atoms with van der Waals surface area (Å²) in [7, 11) is 5.89. The third-order valence-electron chi connectivity index (χ3n) is 3.54. The van der Waals surface area contributed by atoms with E-state index < -0.39 is 11.9 Å². The monoisotopic (exact) mass is 308 g/mol. The highest BCUT2D eigenvalue weighted by Gasteiger charge is 2.42. The minimum Gasteiger partial charge on any atom is -0.497 e. The Labute approximate surface area is 129 Å². The molecule has 1 aromatic carbocycles. The molecule has 0 spiro atoms. The minimum absolute atomic E-state index is 0.00126. The van der Waals surface area contributed by atoms with Crippen LogP contribution in [-0.4, -0.2) is 50.5 Å². The lowest BCUT2D eigenvalue weighted by molar-refractivity contribution is -0.211. The van der Waals surface area contributed by atoms with Crippen molar-refractivity contribution in [2.24, 2.45) is 0 Å². The second-order valence-electron chi connectivity index (χ2n) is 4.82. The van der Waals surface area contributed by atoms with E-state index in [1.807, 2.05) is 12.1 Å². The molecular weight excluding hydrogens is 288 g/mol. The van der Waals surface area contributed by atoms with Gasteiger partial charge < -0.3 is 29.2 Å². The van der Waals surface area contributed by atoms with Gasteiger partial charge in [0.15, 0.2) is 5.76 Å². The highest BCUT2D eigenvalue weighted by atomic mass is 16.6. The van der Waals surface area contributed by atoms with E-state index in [0.717, 1.165) is 5.56 Å². The zero-order valence-electron chi connectivity index (χ0n) is 13.0. The van der Waals surface area contributed by atoms with Crippen LogP contribution in [0.5, 0.6) is 11.5 Å². The van der Waals surface area contributed by atoms with Crippen LogP contribution >= 0.6 is 0 Å². The maximum absolute atomic E-state index is 10.1. The first-order chi connectivity index (χ1) is 10.5. The minimum atomic E-state index is -2.21. The maximum atomic E-state index is 10.1. The van der Waals surface area contributed by atoms with Crippen molar-refractivity contribution in [2.75, 3.05) is 28.4 Å². The van der Waals surface area contributed by atoms with Gasteiger partial charge in [0.1, 0.15) is 17.6 Å². The fourth-order valence-electron chi connectivity index (χ4n) is 2.31. The molecule has 2 rings (SSSR count). The molecule has 0 heterocycles. The van der Waals surface area contributed by atoms with Gasteiger partial charge in [-0.2, -0.15) is 0 Å². The summed E-state index contributed by atoms with van der Waals surface area (Å²) in [5.41, 5.74) is 1.49. The molecule has 0 saturated carbocycles. The molecule has 2 N–H and O–H groups in total. The summed E-state index contributed by atoms with van der Waals surface area (Å²) in [6, 6.07) is 5.38. The molecule has 1 aliphatic rings. The summed E-state index contributed by atoms with van der Waals surface area (Å²) in [6.45, 7) is 0. The van der Waals surface area contributed by atoms with Gasteiger partial charge in [-0.1, -0.05) is 0 Å². The van der Waals surface area contributed by atoms with Crippen LogP contribution in [0, 0.1) is 0 Å². The average molecular weight is 308 g/mol. The molecule has 0 aliphatic heterocycles. The molecule has 6 nitrogen and oxygen atoms in total. The van der Waals surface area contributed by atoms with Gasteiger partial charge in [-0.3, -0.25) is 0 Å². The molecule has 1 atom stereocenters. The summed E-state index contributed by atoms with van der Waals surface area (Å²) in [5, 5.41) is 20.2. The molecule has 120 valence electrons. The van der Waals surface area contributed by atoms with Gasteiger partial charge in [-0.15, -0.1) is 0 Å². The number of methoxy groups -OCH3 is 4. The van der Waals surface area contributed by atoms with Crippen LogP contribution in [0.2, 0.25) is 0 Å². The molecule has 0 amide bonds. The van der Waals surface area contributed by atoms with E-state index in [1.165, 1.54) is 14.2 Å². The van der Waals surface area contributed by atoms with Crippen LogP contribution in [-0.2, 0) is 9.47 Å². The Balaban J connectivity index is 2.52. The van der Waals surface area contributed by atoms with Crippen LogP contribution in [0.3, 0.4) is 0 Å². The molecule has 0 radical (unpaired) electrons. The van der Waals surface area contributed by atoms with Gasteiger partial charge in [0.25, 0.3) is 5.79 Å². The molecule has 6 heteroatoms. The summed E-state index contributed by atoms with van der Waals surface area (Å²) >= 11 is 0. The van der Waals surface area contributed by atoms with Crippen LogP contribution in [0.25, 0.3) is 5.57 Å². The van der Waals surface area contributed by atoms with Crippen molar-refractivity contribution in [3.05, 3.63) is 41.7 Å².